The molecule has 1 aliphatic rings. The number of carbonyl (C=O) groups excluding carboxylic acids is 1. The van der Waals surface area contributed by atoms with Gasteiger partial charge in [-0.15, -0.1) is 0 Å². The van der Waals surface area contributed by atoms with Crippen LogP contribution in [0.15, 0.2) is 12.3 Å². The van der Waals surface area contributed by atoms with Gasteiger partial charge in [0.15, 0.2) is 0 Å². The molecule has 0 radical (unpaired) electrons. The molecule has 0 bridgehead atoms. The summed E-state index contributed by atoms with van der Waals surface area (Å²) in [5.41, 5.74) is 1.40. The van der Waals surface area contributed by atoms with Crippen molar-refractivity contribution < 1.29 is 9.53 Å². The van der Waals surface area contributed by atoms with Crippen LogP contribution in [0.5, 0.6) is 0 Å². The monoisotopic (exact) mass is 311 g/mol. The lowest BCUT2D eigenvalue weighted by Gasteiger charge is -2.24. The van der Waals surface area contributed by atoms with Gasteiger partial charge in [-0.25, -0.2) is 9.78 Å². The van der Waals surface area contributed by atoms with E-state index in [1.54, 1.807) is 11.1 Å². The first-order valence-corrected chi connectivity index (χ1v) is 7.49. The number of pyridine rings is 1. The Hall–Kier alpha value is -1.49. The van der Waals surface area contributed by atoms with E-state index in [9.17, 15) is 4.79 Å². The Balaban J connectivity index is 1.90. The molecule has 2 rings (SSSR count). The van der Waals surface area contributed by atoms with E-state index in [1.807, 2.05) is 33.8 Å². The van der Waals surface area contributed by atoms with Gasteiger partial charge in [0.05, 0.1) is 11.9 Å². The van der Waals surface area contributed by atoms with Crippen LogP contribution in [0.3, 0.4) is 0 Å². The lowest BCUT2D eigenvalue weighted by Crippen LogP contribution is -2.36. The minimum absolute atomic E-state index is 0.208. The largest absolute Gasteiger partial charge is 0.444 e. The predicted molar refractivity (Wildman–Crippen MR) is 83.8 cm³/mol. The molecule has 21 heavy (non-hydrogen) atoms. The maximum atomic E-state index is 12.0. The number of anilines is 1. The van der Waals surface area contributed by atoms with Crippen molar-refractivity contribution >= 4 is 23.4 Å². The molecule has 6 heteroatoms. The van der Waals surface area contributed by atoms with Crippen LogP contribution in [0, 0.1) is 6.92 Å². The normalized spacial score (nSPS) is 18.7. The fourth-order valence-corrected chi connectivity index (χ4v) is 2.35. The fourth-order valence-electron chi connectivity index (χ4n) is 2.24. The van der Waals surface area contributed by atoms with Crippen LogP contribution in [-0.4, -0.2) is 40.7 Å². The molecular weight excluding hydrogens is 290 g/mol. The summed E-state index contributed by atoms with van der Waals surface area (Å²) in [6.45, 7) is 8.88. The molecule has 1 unspecified atom stereocenters. The highest BCUT2D eigenvalue weighted by atomic mass is 35.5. The smallest absolute Gasteiger partial charge is 0.410 e. The van der Waals surface area contributed by atoms with Gasteiger partial charge < -0.3 is 15.0 Å². The summed E-state index contributed by atoms with van der Waals surface area (Å²) in [7, 11) is 0. The molecular formula is C15H22ClN3O2. The van der Waals surface area contributed by atoms with Crippen LogP contribution in [0.1, 0.15) is 32.8 Å². The summed E-state index contributed by atoms with van der Waals surface area (Å²) in [5.74, 6) is 0. The summed E-state index contributed by atoms with van der Waals surface area (Å²) < 4.78 is 5.38. The third-order valence-electron chi connectivity index (χ3n) is 3.23. The Morgan fingerprint density at radius 3 is 2.86 bits per heavy atom. The number of aryl methyl sites for hydroxylation is 1. The number of carbonyl (C=O) groups is 1. The minimum Gasteiger partial charge on any atom is -0.444 e. The van der Waals surface area contributed by atoms with Crippen molar-refractivity contribution in [1.29, 1.82) is 0 Å². The van der Waals surface area contributed by atoms with Gasteiger partial charge in [-0.3, -0.25) is 0 Å². The Morgan fingerprint density at radius 2 is 2.24 bits per heavy atom. The number of nitrogens with zero attached hydrogens (tertiary/aromatic N) is 2. The maximum absolute atomic E-state index is 12.0. The molecule has 0 saturated carbocycles. The summed E-state index contributed by atoms with van der Waals surface area (Å²) in [5, 5.41) is 3.90. The van der Waals surface area contributed by atoms with Gasteiger partial charge in [0.1, 0.15) is 10.8 Å². The average Bonchev–Trinajstić information content (AvgIpc) is 2.80. The van der Waals surface area contributed by atoms with Gasteiger partial charge in [0, 0.05) is 19.1 Å². The topological polar surface area (TPSA) is 54.5 Å². The predicted octanol–water partition coefficient (Wildman–Crippen LogP) is 3.46. The van der Waals surface area contributed by atoms with Crippen LogP contribution < -0.4 is 5.32 Å². The van der Waals surface area contributed by atoms with Gasteiger partial charge in [-0.05, 0) is 45.7 Å². The number of aromatic nitrogens is 1. The number of halogens is 1. The van der Waals surface area contributed by atoms with Crippen LogP contribution in [0.2, 0.25) is 5.15 Å². The second-order valence-corrected chi connectivity index (χ2v) is 6.75. The van der Waals surface area contributed by atoms with E-state index in [1.165, 1.54) is 0 Å². The number of hydrogen-bond donors (Lipinski definition) is 1. The zero-order valence-electron chi connectivity index (χ0n) is 12.9. The van der Waals surface area contributed by atoms with Crippen LogP contribution in [-0.2, 0) is 4.74 Å². The van der Waals surface area contributed by atoms with E-state index in [2.05, 4.69) is 10.3 Å². The van der Waals surface area contributed by atoms with Crippen molar-refractivity contribution in [2.24, 2.45) is 0 Å². The lowest BCUT2D eigenvalue weighted by atomic mass is 10.2. The Bertz CT molecular complexity index is 528. The van der Waals surface area contributed by atoms with E-state index < -0.39 is 5.60 Å². The maximum Gasteiger partial charge on any atom is 0.410 e. The van der Waals surface area contributed by atoms with Crippen LogP contribution >= 0.6 is 11.6 Å². The second kappa shape index (κ2) is 6.10. The van der Waals surface area contributed by atoms with Gasteiger partial charge in [0.25, 0.3) is 0 Å². The molecule has 0 aromatic carbocycles. The van der Waals surface area contributed by atoms with Crippen molar-refractivity contribution in [1.82, 2.24) is 9.88 Å². The molecule has 5 nitrogen and oxygen atoms in total. The SMILES string of the molecule is Cc1cc(NC2CCN(C(=O)OC(C)(C)C)C2)cnc1Cl. The Kier molecular flexibility index (Phi) is 4.61. The highest BCUT2D eigenvalue weighted by Crippen LogP contribution is 2.21. The van der Waals surface area contributed by atoms with Crippen LogP contribution in [0.25, 0.3) is 0 Å². The third-order valence-corrected chi connectivity index (χ3v) is 3.62. The van der Waals surface area contributed by atoms with Crippen molar-refractivity contribution in [3.8, 4) is 0 Å². The molecule has 0 aliphatic carbocycles. The number of hydrogen-bond acceptors (Lipinski definition) is 4. The number of rotatable bonds is 2. The summed E-state index contributed by atoms with van der Waals surface area (Å²) in [6.07, 6.45) is 2.35. The van der Waals surface area contributed by atoms with Gasteiger partial charge in [0.2, 0.25) is 0 Å². The first-order valence-electron chi connectivity index (χ1n) is 7.11. The second-order valence-electron chi connectivity index (χ2n) is 6.39. The van der Waals surface area contributed by atoms with E-state index >= 15 is 0 Å². The zero-order valence-corrected chi connectivity index (χ0v) is 13.7. The number of ether oxygens (including phenoxy) is 1. The molecule has 2 heterocycles. The molecule has 1 aliphatic heterocycles. The third kappa shape index (κ3) is 4.49. The number of nitrogens with one attached hydrogen (secondary N) is 1. The molecule has 1 aromatic heterocycles. The van der Waals surface area contributed by atoms with Gasteiger partial charge in [-0.2, -0.15) is 0 Å². The molecule has 1 N–H and O–H groups in total. The van der Waals surface area contributed by atoms with Crippen molar-refractivity contribution in [2.75, 3.05) is 18.4 Å². The quantitative estimate of drug-likeness (QED) is 0.850. The van der Waals surface area contributed by atoms with E-state index in [0.717, 1.165) is 17.7 Å². The molecule has 116 valence electrons. The van der Waals surface area contributed by atoms with Gasteiger partial charge in [-0.1, -0.05) is 11.6 Å². The highest BCUT2D eigenvalue weighted by molar-refractivity contribution is 6.30. The number of amides is 1. The van der Waals surface area contributed by atoms with E-state index in [0.29, 0.717) is 18.2 Å². The first kappa shape index (κ1) is 15.9. The fraction of sp³-hybridized carbons (Fsp3) is 0.600. The van der Waals surface area contributed by atoms with Crippen molar-refractivity contribution in [3.05, 3.63) is 23.0 Å². The van der Waals surface area contributed by atoms with Crippen LogP contribution in [0.4, 0.5) is 10.5 Å². The lowest BCUT2D eigenvalue weighted by molar-refractivity contribution is 0.0293. The molecule has 1 saturated heterocycles. The number of likely N-dealkylation sites (tertiary alicyclic amines) is 1. The van der Waals surface area contributed by atoms with Crippen molar-refractivity contribution in [2.45, 2.75) is 45.8 Å². The molecule has 1 fully saturated rings. The van der Waals surface area contributed by atoms with Gasteiger partial charge >= 0.3 is 6.09 Å². The average molecular weight is 312 g/mol. The standard InChI is InChI=1S/C15H22ClN3O2/c1-10-7-12(8-17-13(10)16)18-11-5-6-19(9-11)14(20)21-15(2,3)4/h7-8,11,18H,5-6,9H2,1-4H3. The highest BCUT2D eigenvalue weighted by Gasteiger charge is 2.29. The van der Waals surface area contributed by atoms with E-state index in [4.69, 9.17) is 16.3 Å². The molecule has 0 spiro atoms. The summed E-state index contributed by atoms with van der Waals surface area (Å²) in [6, 6.07) is 2.17. The minimum atomic E-state index is -0.459. The van der Waals surface area contributed by atoms with E-state index in [-0.39, 0.29) is 12.1 Å². The molecule has 1 aromatic rings. The molecule has 1 amide bonds. The first-order chi connectivity index (χ1) is 9.74. The summed E-state index contributed by atoms with van der Waals surface area (Å²) >= 11 is 5.92. The molecule has 1 atom stereocenters. The van der Waals surface area contributed by atoms with Crippen molar-refractivity contribution in [3.63, 3.8) is 0 Å². The zero-order chi connectivity index (χ0) is 15.6. The summed E-state index contributed by atoms with van der Waals surface area (Å²) in [4.78, 5) is 17.9. The Morgan fingerprint density at radius 1 is 1.52 bits per heavy atom. The Labute approximate surface area is 130 Å².